The summed E-state index contributed by atoms with van der Waals surface area (Å²) in [7, 11) is 0. The molecule has 0 fully saturated rings. The van der Waals surface area contributed by atoms with Gasteiger partial charge in [0.1, 0.15) is 12.3 Å². The van der Waals surface area contributed by atoms with Gasteiger partial charge in [0.15, 0.2) is 23.2 Å². The smallest absolute Gasteiger partial charge is 0.181 e. The van der Waals surface area contributed by atoms with E-state index >= 15 is 0 Å². The number of ether oxygens (including phenoxy) is 2. The SMILES string of the molecule is ON=C(c1ccccc1)C1Oc2ccccc2OCC1(O)c1ccccc1. The lowest BCUT2D eigenvalue weighted by atomic mass is 9.84. The van der Waals surface area contributed by atoms with Gasteiger partial charge >= 0.3 is 0 Å². The average molecular weight is 361 g/mol. The Bertz CT molecular complexity index is 943. The maximum atomic E-state index is 11.7. The van der Waals surface area contributed by atoms with Crippen LogP contribution in [0.3, 0.4) is 0 Å². The number of hydrogen-bond acceptors (Lipinski definition) is 5. The normalized spacial score (nSPS) is 22.1. The third kappa shape index (κ3) is 3.13. The fourth-order valence-electron chi connectivity index (χ4n) is 3.27. The minimum absolute atomic E-state index is 0.0510. The van der Waals surface area contributed by atoms with Crippen LogP contribution in [0.4, 0.5) is 0 Å². The molecule has 1 heterocycles. The number of para-hydroxylation sites is 2. The maximum absolute atomic E-state index is 11.7. The Kier molecular flexibility index (Phi) is 4.52. The van der Waals surface area contributed by atoms with E-state index in [0.717, 1.165) is 0 Å². The molecule has 5 nitrogen and oxygen atoms in total. The largest absolute Gasteiger partial charge is 0.486 e. The Labute approximate surface area is 157 Å². The van der Waals surface area contributed by atoms with Gasteiger partial charge in [0.25, 0.3) is 0 Å². The molecule has 0 radical (unpaired) electrons. The molecule has 2 N–H and O–H groups in total. The molecule has 3 aromatic rings. The molecule has 0 bridgehead atoms. The minimum Gasteiger partial charge on any atom is -0.486 e. The molecule has 27 heavy (non-hydrogen) atoms. The van der Waals surface area contributed by atoms with Gasteiger partial charge in [-0.15, -0.1) is 0 Å². The van der Waals surface area contributed by atoms with E-state index in [1.807, 2.05) is 60.7 Å². The summed E-state index contributed by atoms with van der Waals surface area (Å²) in [6.45, 7) is -0.0510. The van der Waals surface area contributed by atoms with Crippen molar-refractivity contribution in [3.05, 3.63) is 96.1 Å². The number of nitrogens with zero attached hydrogens (tertiary/aromatic N) is 1. The van der Waals surface area contributed by atoms with E-state index in [2.05, 4.69) is 5.16 Å². The van der Waals surface area contributed by atoms with Crippen LogP contribution in [-0.2, 0) is 5.60 Å². The molecule has 2 unspecified atom stereocenters. The van der Waals surface area contributed by atoms with Crippen molar-refractivity contribution >= 4 is 5.71 Å². The third-order valence-electron chi connectivity index (χ3n) is 4.67. The summed E-state index contributed by atoms with van der Waals surface area (Å²) >= 11 is 0. The van der Waals surface area contributed by atoms with Crippen LogP contribution in [0.1, 0.15) is 11.1 Å². The number of benzene rings is 3. The molecule has 0 aliphatic carbocycles. The summed E-state index contributed by atoms with van der Waals surface area (Å²) in [6.07, 6.45) is -0.976. The molecule has 1 aliphatic heterocycles. The lowest BCUT2D eigenvalue weighted by molar-refractivity contribution is -0.0566. The first-order chi connectivity index (χ1) is 13.2. The first kappa shape index (κ1) is 17.1. The highest BCUT2D eigenvalue weighted by molar-refractivity contribution is 6.04. The van der Waals surface area contributed by atoms with Crippen LogP contribution in [0, 0.1) is 0 Å². The molecule has 0 amide bonds. The highest BCUT2D eigenvalue weighted by atomic mass is 16.6. The molecule has 0 saturated carbocycles. The van der Waals surface area contributed by atoms with Crippen molar-refractivity contribution in [2.45, 2.75) is 11.7 Å². The zero-order valence-corrected chi connectivity index (χ0v) is 14.5. The van der Waals surface area contributed by atoms with Gasteiger partial charge in [0, 0.05) is 5.56 Å². The predicted molar refractivity (Wildman–Crippen MR) is 101 cm³/mol. The topological polar surface area (TPSA) is 71.3 Å². The zero-order valence-electron chi connectivity index (χ0n) is 14.5. The van der Waals surface area contributed by atoms with Gasteiger partial charge in [-0.2, -0.15) is 0 Å². The van der Waals surface area contributed by atoms with Crippen molar-refractivity contribution in [1.82, 2.24) is 0 Å². The molecule has 136 valence electrons. The van der Waals surface area contributed by atoms with E-state index in [1.165, 1.54) is 0 Å². The molecule has 2 atom stereocenters. The lowest BCUT2D eigenvalue weighted by Crippen LogP contribution is -2.51. The molecular weight excluding hydrogens is 342 g/mol. The van der Waals surface area contributed by atoms with Gasteiger partial charge in [-0.1, -0.05) is 78.0 Å². The van der Waals surface area contributed by atoms with Gasteiger partial charge in [-0.3, -0.25) is 0 Å². The van der Waals surface area contributed by atoms with Crippen LogP contribution in [0.5, 0.6) is 11.5 Å². The van der Waals surface area contributed by atoms with Crippen LogP contribution in [0.15, 0.2) is 90.1 Å². The van der Waals surface area contributed by atoms with E-state index in [9.17, 15) is 10.3 Å². The predicted octanol–water partition coefficient (Wildman–Crippen LogP) is 3.59. The lowest BCUT2D eigenvalue weighted by Gasteiger charge is -2.34. The van der Waals surface area contributed by atoms with Crippen molar-refractivity contribution < 1.29 is 19.8 Å². The fourth-order valence-corrected chi connectivity index (χ4v) is 3.27. The van der Waals surface area contributed by atoms with E-state index < -0.39 is 11.7 Å². The Morgan fingerprint density at radius 1 is 0.852 bits per heavy atom. The molecular formula is C22H19NO4. The first-order valence-electron chi connectivity index (χ1n) is 8.66. The molecule has 0 aromatic heterocycles. The summed E-state index contributed by atoms with van der Waals surface area (Å²) in [5.41, 5.74) is -0.0709. The highest BCUT2D eigenvalue weighted by Gasteiger charge is 2.47. The number of oxime groups is 1. The van der Waals surface area contributed by atoms with Crippen molar-refractivity contribution in [2.24, 2.45) is 5.16 Å². The standard InChI is InChI=1S/C22H19NO4/c24-22(17-11-5-2-6-12-17)15-26-18-13-7-8-14-19(18)27-21(22)20(23-25)16-9-3-1-4-10-16/h1-14,21,24-25H,15H2. The quantitative estimate of drug-likeness (QED) is 0.425. The second-order valence-corrected chi connectivity index (χ2v) is 6.37. The van der Waals surface area contributed by atoms with Crippen molar-refractivity contribution in [3.63, 3.8) is 0 Å². The Morgan fingerprint density at radius 3 is 2.11 bits per heavy atom. The van der Waals surface area contributed by atoms with E-state index in [-0.39, 0.29) is 12.3 Å². The molecule has 5 heteroatoms. The van der Waals surface area contributed by atoms with Crippen molar-refractivity contribution in [2.75, 3.05) is 6.61 Å². The van der Waals surface area contributed by atoms with Gasteiger partial charge in [-0.05, 0) is 17.7 Å². The van der Waals surface area contributed by atoms with Crippen LogP contribution in [-0.4, -0.2) is 28.7 Å². The van der Waals surface area contributed by atoms with Gasteiger partial charge in [0.05, 0.1) is 0 Å². The summed E-state index contributed by atoms with van der Waals surface area (Å²) in [5.74, 6) is 1.01. The van der Waals surface area contributed by atoms with E-state index in [1.54, 1.807) is 24.3 Å². The van der Waals surface area contributed by atoms with Gasteiger partial charge in [0.2, 0.25) is 0 Å². The second-order valence-electron chi connectivity index (χ2n) is 6.37. The molecule has 0 spiro atoms. The van der Waals surface area contributed by atoms with Crippen LogP contribution in [0.25, 0.3) is 0 Å². The van der Waals surface area contributed by atoms with E-state index in [4.69, 9.17) is 9.47 Å². The van der Waals surface area contributed by atoms with E-state index in [0.29, 0.717) is 22.6 Å². The molecule has 4 rings (SSSR count). The van der Waals surface area contributed by atoms with Crippen LogP contribution < -0.4 is 9.47 Å². The second kappa shape index (κ2) is 7.13. The van der Waals surface area contributed by atoms with Gasteiger partial charge < -0.3 is 19.8 Å². The Hall–Kier alpha value is -3.31. The highest BCUT2D eigenvalue weighted by Crippen LogP contribution is 2.39. The number of hydrogen-bond donors (Lipinski definition) is 2. The summed E-state index contributed by atoms with van der Waals surface area (Å²) in [5, 5.41) is 25.0. The third-order valence-corrected chi connectivity index (χ3v) is 4.67. The average Bonchev–Trinajstić information content (AvgIpc) is 2.88. The summed E-state index contributed by atoms with van der Waals surface area (Å²) in [4.78, 5) is 0. The monoisotopic (exact) mass is 361 g/mol. The first-order valence-corrected chi connectivity index (χ1v) is 8.66. The maximum Gasteiger partial charge on any atom is 0.181 e. The fraction of sp³-hybridized carbons (Fsp3) is 0.136. The van der Waals surface area contributed by atoms with Crippen LogP contribution >= 0.6 is 0 Å². The zero-order chi connectivity index (χ0) is 18.7. The summed E-state index contributed by atoms with van der Waals surface area (Å²) < 4.78 is 12.0. The van der Waals surface area contributed by atoms with Crippen molar-refractivity contribution in [1.29, 1.82) is 0 Å². The minimum atomic E-state index is -1.56. The Morgan fingerprint density at radius 2 is 1.44 bits per heavy atom. The number of aliphatic hydroxyl groups is 1. The molecule has 1 aliphatic rings. The molecule has 0 saturated heterocycles. The molecule has 3 aromatic carbocycles. The Balaban J connectivity index is 1.87. The van der Waals surface area contributed by atoms with Crippen molar-refractivity contribution in [3.8, 4) is 11.5 Å². The van der Waals surface area contributed by atoms with Gasteiger partial charge in [-0.25, -0.2) is 0 Å². The summed E-state index contributed by atoms with van der Waals surface area (Å²) in [6, 6.07) is 25.5. The number of fused-ring (bicyclic) bond motifs is 1. The number of rotatable bonds is 3. The van der Waals surface area contributed by atoms with Crippen LogP contribution in [0.2, 0.25) is 0 Å².